The Morgan fingerprint density at radius 1 is 1.53 bits per heavy atom. The highest BCUT2D eigenvalue weighted by Gasteiger charge is 2.14. The van der Waals surface area contributed by atoms with Gasteiger partial charge in [-0.25, -0.2) is 4.39 Å². The van der Waals surface area contributed by atoms with Gasteiger partial charge < -0.3 is 11.1 Å². The van der Waals surface area contributed by atoms with E-state index < -0.39 is 0 Å². The third-order valence-electron chi connectivity index (χ3n) is 2.47. The van der Waals surface area contributed by atoms with Crippen LogP contribution in [0.25, 0.3) is 0 Å². The van der Waals surface area contributed by atoms with Crippen molar-refractivity contribution in [1.29, 1.82) is 0 Å². The van der Waals surface area contributed by atoms with Gasteiger partial charge in [-0.1, -0.05) is 17.7 Å². The Morgan fingerprint density at radius 3 is 2.71 bits per heavy atom. The van der Waals surface area contributed by atoms with Gasteiger partial charge in [0.15, 0.2) is 0 Å². The van der Waals surface area contributed by atoms with Gasteiger partial charge in [-0.15, -0.1) is 0 Å². The van der Waals surface area contributed by atoms with Crippen LogP contribution >= 0.6 is 11.6 Å². The maximum Gasteiger partial charge on any atom is 0.218 e. The first kappa shape index (κ1) is 13.9. The number of halogens is 2. The molecule has 0 spiro atoms. The molecule has 5 heteroatoms. The summed E-state index contributed by atoms with van der Waals surface area (Å²) in [5.74, 6) is -0.724. The van der Waals surface area contributed by atoms with Crippen molar-refractivity contribution >= 4 is 17.5 Å². The molecule has 2 unspecified atom stereocenters. The van der Waals surface area contributed by atoms with E-state index in [1.807, 2.05) is 13.8 Å². The Balaban J connectivity index is 2.69. The molecule has 0 saturated carbocycles. The average molecular weight is 259 g/mol. The summed E-state index contributed by atoms with van der Waals surface area (Å²) in [5.41, 5.74) is 5.90. The molecule has 0 radical (unpaired) electrons. The molecule has 3 N–H and O–H groups in total. The lowest BCUT2D eigenvalue weighted by atomic mass is 10.1. The summed E-state index contributed by atoms with van der Waals surface area (Å²) in [5, 5.41) is 3.55. The second-order valence-corrected chi connectivity index (χ2v) is 4.53. The monoisotopic (exact) mass is 258 g/mol. The van der Waals surface area contributed by atoms with E-state index in [0.29, 0.717) is 5.02 Å². The van der Waals surface area contributed by atoms with Crippen molar-refractivity contribution < 1.29 is 9.18 Å². The molecule has 0 aliphatic rings. The Bertz CT molecular complexity index is 411. The first-order valence-corrected chi connectivity index (χ1v) is 5.77. The number of carbonyl (C=O) groups excluding carboxylic acids is 1. The van der Waals surface area contributed by atoms with Gasteiger partial charge in [0, 0.05) is 23.5 Å². The first-order chi connectivity index (χ1) is 7.90. The Kier molecular flexibility index (Phi) is 4.90. The number of primary amides is 1. The highest BCUT2D eigenvalue weighted by Crippen LogP contribution is 2.24. The fraction of sp³-hybridized carbons (Fsp3) is 0.417. The summed E-state index contributed by atoms with van der Waals surface area (Å²) >= 11 is 5.94. The minimum absolute atomic E-state index is 0.0522. The largest absolute Gasteiger partial charge is 0.370 e. The molecule has 0 fully saturated rings. The topological polar surface area (TPSA) is 55.1 Å². The number of hydrogen-bond acceptors (Lipinski definition) is 2. The Hall–Kier alpha value is -1.13. The highest BCUT2D eigenvalue weighted by atomic mass is 35.5. The van der Waals surface area contributed by atoms with Gasteiger partial charge >= 0.3 is 0 Å². The molecule has 1 aromatic rings. The molecule has 1 rings (SSSR count). The minimum atomic E-state index is -0.365. The highest BCUT2D eigenvalue weighted by molar-refractivity contribution is 6.31. The van der Waals surface area contributed by atoms with E-state index in [1.54, 1.807) is 6.07 Å². The second-order valence-electron chi connectivity index (χ2n) is 4.13. The third kappa shape index (κ3) is 4.32. The molecule has 0 aliphatic heterocycles. The molecule has 0 saturated heterocycles. The molecule has 3 nitrogen and oxygen atoms in total. The van der Waals surface area contributed by atoms with Gasteiger partial charge in [0.25, 0.3) is 0 Å². The average Bonchev–Trinajstić information content (AvgIpc) is 2.15. The number of rotatable bonds is 5. The van der Waals surface area contributed by atoms with Crippen molar-refractivity contribution in [3.8, 4) is 0 Å². The molecule has 0 aliphatic carbocycles. The van der Waals surface area contributed by atoms with Crippen molar-refractivity contribution in [2.24, 2.45) is 5.73 Å². The van der Waals surface area contributed by atoms with Crippen LogP contribution < -0.4 is 11.1 Å². The lowest BCUT2D eigenvalue weighted by Crippen LogP contribution is -2.33. The van der Waals surface area contributed by atoms with Crippen LogP contribution in [0, 0.1) is 5.82 Å². The molecule has 0 bridgehead atoms. The molecule has 94 valence electrons. The van der Waals surface area contributed by atoms with E-state index in [-0.39, 0.29) is 30.2 Å². The quantitative estimate of drug-likeness (QED) is 0.852. The van der Waals surface area contributed by atoms with Crippen LogP contribution in [0.15, 0.2) is 18.2 Å². The Morgan fingerprint density at radius 2 is 2.18 bits per heavy atom. The minimum Gasteiger partial charge on any atom is -0.370 e. The summed E-state index contributed by atoms with van der Waals surface area (Å²) in [4.78, 5) is 10.7. The van der Waals surface area contributed by atoms with Gasteiger partial charge in [-0.05, 0) is 31.5 Å². The summed E-state index contributed by atoms with van der Waals surface area (Å²) in [6, 6.07) is 4.14. The van der Waals surface area contributed by atoms with Gasteiger partial charge in [-0.3, -0.25) is 4.79 Å². The predicted molar refractivity (Wildman–Crippen MR) is 66.2 cm³/mol. The molecular formula is C12H16ClFN2O. The smallest absolute Gasteiger partial charge is 0.218 e. The summed E-state index contributed by atoms with van der Waals surface area (Å²) in [6.45, 7) is 3.76. The number of hydrogen-bond donors (Lipinski definition) is 2. The van der Waals surface area contributed by atoms with Gasteiger partial charge in [0.1, 0.15) is 5.82 Å². The fourth-order valence-corrected chi connectivity index (χ4v) is 2.06. The van der Waals surface area contributed by atoms with Crippen LogP contribution in [0.1, 0.15) is 31.9 Å². The SMILES string of the molecule is CC(CC(N)=O)NC(C)c1ccc(F)cc1Cl. The zero-order valence-electron chi connectivity index (χ0n) is 9.84. The molecule has 1 amide bonds. The van der Waals surface area contributed by atoms with Crippen molar-refractivity contribution in [2.45, 2.75) is 32.4 Å². The molecule has 2 atom stereocenters. The zero-order chi connectivity index (χ0) is 13.0. The Labute approximate surface area is 105 Å². The van der Waals surface area contributed by atoms with Crippen LogP contribution in [0.5, 0.6) is 0 Å². The normalized spacial score (nSPS) is 14.4. The lowest BCUT2D eigenvalue weighted by Gasteiger charge is -2.20. The number of nitrogens with two attached hydrogens (primary N) is 1. The fourth-order valence-electron chi connectivity index (χ4n) is 1.73. The number of nitrogens with one attached hydrogen (secondary N) is 1. The van der Waals surface area contributed by atoms with E-state index in [1.165, 1.54) is 12.1 Å². The van der Waals surface area contributed by atoms with Gasteiger partial charge in [0.05, 0.1) is 0 Å². The van der Waals surface area contributed by atoms with E-state index in [0.717, 1.165) is 5.56 Å². The maximum atomic E-state index is 12.9. The molecule has 17 heavy (non-hydrogen) atoms. The van der Waals surface area contributed by atoms with Crippen LogP contribution in [0.3, 0.4) is 0 Å². The maximum absolute atomic E-state index is 12.9. The lowest BCUT2D eigenvalue weighted by molar-refractivity contribution is -0.118. The number of amides is 1. The molecular weight excluding hydrogens is 243 g/mol. The van der Waals surface area contributed by atoms with Crippen LogP contribution in [0.4, 0.5) is 4.39 Å². The summed E-state index contributed by atoms with van der Waals surface area (Å²) < 4.78 is 12.9. The zero-order valence-corrected chi connectivity index (χ0v) is 10.6. The molecule has 0 heterocycles. The number of benzene rings is 1. The van der Waals surface area contributed by atoms with Crippen LogP contribution in [0.2, 0.25) is 5.02 Å². The summed E-state index contributed by atoms with van der Waals surface area (Å²) in [6.07, 6.45) is 0.253. The van der Waals surface area contributed by atoms with E-state index >= 15 is 0 Å². The van der Waals surface area contributed by atoms with Crippen molar-refractivity contribution in [1.82, 2.24) is 5.32 Å². The summed E-state index contributed by atoms with van der Waals surface area (Å²) in [7, 11) is 0. The third-order valence-corrected chi connectivity index (χ3v) is 2.80. The van der Waals surface area contributed by atoms with Gasteiger partial charge in [-0.2, -0.15) is 0 Å². The van der Waals surface area contributed by atoms with Gasteiger partial charge in [0.2, 0.25) is 5.91 Å². The van der Waals surface area contributed by atoms with E-state index in [4.69, 9.17) is 17.3 Å². The molecule has 1 aromatic carbocycles. The van der Waals surface area contributed by atoms with E-state index in [9.17, 15) is 9.18 Å². The van der Waals surface area contributed by atoms with Crippen LogP contribution in [-0.4, -0.2) is 11.9 Å². The number of carbonyl (C=O) groups is 1. The predicted octanol–water partition coefficient (Wildman–Crippen LogP) is 2.39. The van der Waals surface area contributed by atoms with Crippen LogP contribution in [-0.2, 0) is 4.79 Å². The second kappa shape index (κ2) is 5.98. The standard InChI is InChI=1S/C12H16ClFN2O/c1-7(5-12(15)17)16-8(2)10-4-3-9(14)6-11(10)13/h3-4,6-8,16H,5H2,1-2H3,(H2,15,17). The van der Waals surface area contributed by atoms with Crippen molar-refractivity contribution in [3.05, 3.63) is 34.6 Å². The van der Waals surface area contributed by atoms with E-state index in [2.05, 4.69) is 5.32 Å². The van der Waals surface area contributed by atoms with Crippen molar-refractivity contribution in [2.75, 3.05) is 0 Å². The molecule has 0 aromatic heterocycles. The first-order valence-electron chi connectivity index (χ1n) is 5.39. The van der Waals surface area contributed by atoms with Crippen molar-refractivity contribution in [3.63, 3.8) is 0 Å².